The van der Waals surface area contributed by atoms with Crippen LogP contribution in [0.25, 0.3) is 0 Å². The Balaban J connectivity index is 1.69. The molecule has 9 heteroatoms. The summed E-state index contributed by atoms with van der Waals surface area (Å²) in [6.45, 7) is 2.38. The molecule has 1 amide bonds. The summed E-state index contributed by atoms with van der Waals surface area (Å²) in [5.74, 6) is 0.857. The van der Waals surface area contributed by atoms with Crippen molar-refractivity contribution in [2.45, 2.75) is 13.5 Å². The number of nitro groups is 1. The molecule has 2 heterocycles. The second-order valence-corrected chi connectivity index (χ2v) is 4.94. The Labute approximate surface area is 131 Å². The molecular formula is C14H14N4O5. The van der Waals surface area contributed by atoms with E-state index in [1.165, 1.54) is 4.68 Å². The molecule has 0 atom stereocenters. The van der Waals surface area contributed by atoms with Gasteiger partial charge in [0.2, 0.25) is 5.91 Å². The molecule has 120 valence electrons. The number of hydrogen-bond acceptors (Lipinski definition) is 6. The summed E-state index contributed by atoms with van der Waals surface area (Å²) in [5, 5.41) is 17.3. The molecule has 1 aromatic heterocycles. The Morgan fingerprint density at radius 3 is 2.83 bits per heavy atom. The molecular weight excluding hydrogens is 304 g/mol. The third kappa shape index (κ3) is 3.07. The van der Waals surface area contributed by atoms with Gasteiger partial charge in [0, 0.05) is 11.8 Å². The van der Waals surface area contributed by atoms with Gasteiger partial charge in [0.1, 0.15) is 31.6 Å². The van der Waals surface area contributed by atoms with E-state index in [0.29, 0.717) is 36.1 Å². The van der Waals surface area contributed by atoms with Crippen molar-refractivity contribution in [3.8, 4) is 11.5 Å². The van der Waals surface area contributed by atoms with Crippen molar-refractivity contribution in [3.63, 3.8) is 0 Å². The summed E-state index contributed by atoms with van der Waals surface area (Å²) in [6.07, 6.45) is 1.13. The molecule has 0 spiro atoms. The van der Waals surface area contributed by atoms with E-state index in [9.17, 15) is 14.9 Å². The fraction of sp³-hybridized carbons (Fsp3) is 0.286. The first kappa shape index (κ1) is 14.8. The summed E-state index contributed by atoms with van der Waals surface area (Å²) >= 11 is 0. The molecule has 23 heavy (non-hydrogen) atoms. The molecule has 0 aliphatic carbocycles. The largest absolute Gasteiger partial charge is 0.486 e. The fourth-order valence-corrected chi connectivity index (χ4v) is 2.23. The van der Waals surface area contributed by atoms with Crippen LogP contribution >= 0.6 is 0 Å². The topological polar surface area (TPSA) is 109 Å². The quantitative estimate of drug-likeness (QED) is 0.676. The highest BCUT2D eigenvalue weighted by Crippen LogP contribution is 2.32. The fourth-order valence-electron chi connectivity index (χ4n) is 2.23. The Morgan fingerprint density at radius 1 is 1.39 bits per heavy atom. The van der Waals surface area contributed by atoms with Crippen LogP contribution in [0, 0.1) is 17.0 Å². The van der Waals surface area contributed by atoms with Gasteiger partial charge in [0.15, 0.2) is 11.5 Å². The van der Waals surface area contributed by atoms with Crippen molar-refractivity contribution >= 4 is 17.3 Å². The van der Waals surface area contributed by atoms with E-state index in [0.717, 1.165) is 6.20 Å². The molecule has 0 fully saturated rings. The monoisotopic (exact) mass is 318 g/mol. The van der Waals surface area contributed by atoms with Crippen LogP contribution in [0.5, 0.6) is 11.5 Å². The molecule has 1 aromatic carbocycles. The molecule has 0 saturated heterocycles. The lowest BCUT2D eigenvalue weighted by Gasteiger charge is -2.19. The number of nitrogens with one attached hydrogen (secondary N) is 1. The predicted octanol–water partition coefficient (Wildman–Crippen LogP) is 1.51. The molecule has 1 aliphatic rings. The molecule has 0 unspecified atom stereocenters. The van der Waals surface area contributed by atoms with Gasteiger partial charge in [0.05, 0.1) is 4.92 Å². The van der Waals surface area contributed by atoms with Crippen LogP contribution in [-0.4, -0.2) is 33.8 Å². The van der Waals surface area contributed by atoms with Gasteiger partial charge in [-0.2, -0.15) is 5.10 Å². The SMILES string of the molecule is Cc1c([N+](=O)[O-])cnn1CC(=O)Nc1ccc2c(c1)OCCO2. The van der Waals surface area contributed by atoms with Crippen molar-refractivity contribution in [1.29, 1.82) is 0 Å². The molecule has 9 nitrogen and oxygen atoms in total. The second kappa shape index (κ2) is 5.95. The van der Waals surface area contributed by atoms with Crippen LogP contribution in [0.15, 0.2) is 24.4 Å². The maximum atomic E-state index is 12.1. The summed E-state index contributed by atoms with van der Waals surface area (Å²) in [5.41, 5.74) is 0.767. The Kier molecular flexibility index (Phi) is 3.83. The Hall–Kier alpha value is -3.10. The van der Waals surface area contributed by atoms with E-state index in [2.05, 4.69) is 10.4 Å². The number of nitrogens with zero attached hydrogens (tertiary/aromatic N) is 3. The number of ether oxygens (including phenoxy) is 2. The van der Waals surface area contributed by atoms with Crippen LogP contribution in [-0.2, 0) is 11.3 Å². The van der Waals surface area contributed by atoms with Crippen LogP contribution < -0.4 is 14.8 Å². The number of fused-ring (bicyclic) bond motifs is 1. The minimum Gasteiger partial charge on any atom is -0.486 e. The lowest BCUT2D eigenvalue weighted by atomic mass is 10.2. The predicted molar refractivity (Wildman–Crippen MR) is 79.7 cm³/mol. The standard InChI is InChI=1S/C14H14N4O5/c1-9-11(18(20)21)7-15-17(9)8-14(19)16-10-2-3-12-13(6-10)23-5-4-22-12/h2-3,6-7H,4-5,8H2,1H3,(H,16,19). The lowest BCUT2D eigenvalue weighted by molar-refractivity contribution is -0.385. The van der Waals surface area contributed by atoms with Crippen molar-refractivity contribution < 1.29 is 19.2 Å². The molecule has 3 rings (SSSR count). The zero-order chi connectivity index (χ0) is 16.4. The molecule has 0 saturated carbocycles. The maximum Gasteiger partial charge on any atom is 0.309 e. The third-order valence-corrected chi connectivity index (χ3v) is 3.39. The lowest BCUT2D eigenvalue weighted by Crippen LogP contribution is -2.21. The van der Waals surface area contributed by atoms with E-state index >= 15 is 0 Å². The van der Waals surface area contributed by atoms with Gasteiger partial charge >= 0.3 is 5.69 Å². The number of rotatable bonds is 4. The highest BCUT2D eigenvalue weighted by Gasteiger charge is 2.18. The number of aromatic nitrogens is 2. The average molecular weight is 318 g/mol. The first-order valence-electron chi connectivity index (χ1n) is 6.91. The second-order valence-electron chi connectivity index (χ2n) is 4.94. The van der Waals surface area contributed by atoms with Crippen LogP contribution in [0.4, 0.5) is 11.4 Å². The minimum atomic E-state index is -0.530. The zero-order valence-electron chi connectivity index (χ0n) is 12.3. The van der Waals surface area contributed by atoms with Gasteiger partial charge in [-0.05, 0) is 19.1 Å². The number of hydrogen-bond donors (Lipinski definition) is 1. The van der Waals surface area contributed by atoms with Gasteiger partial charge in [0.25, 0.3) is 0 Å². The first-order valence-corrected chi connectivity index (χ1v) is 6.91. The van der Waals surface area contributed by atoms with Crippen LogP contribution in [0.3, 0.4) is 0 Å². The first-order chi connectivity index (χ1) is 11.0. The summed E-state index contributed by atoms with van der Waals surface area (Å²) in [7, 11) is 0. The minimum absolute atomic E-state index is 0.114. The Morgan fingerprint density at radius 2 is 2.13 bits per heavy atom. The summed E-state index contributed by atoms with van der Waals surface area (Å²) in [4.78, 5) is 22.3. The molecule has 1 aliphatic heterocycles. The van der Waals surface area contributed by atoms with Gasteiger partial charge in [-0.15, -0.1) is 0 Å². The summed E-state index contributed by atoms with van der Waals surface area (Å²) < 4.78 is 12.1. The number of anilines is 1. The molecule has 0 radical (unpaired) electrons. The van der Waals surface area contributed by atoms with Crippen molar-refractivity contribution in [3.05, 3.63) is 40.2 Å². The van der Waals surface area contributed by atoms with Crippen molar-refractivity contribution in [2.24, 2.45) is 0 Å². The molecule has 0 bridgehead atoms. The van der Waals surface area contributed by atoms with Crippen LogP contribution in [0.1, 0.15) is 5.69 Å². The summed E-state index contributed by atoms with van der Waals surface area (Å²) in [6, 6.07) is 5.09. The van der Waals surface area contributed by atoms with Crippen molar-refractivity contribution in [1.82, 2.24) is 9.78 Å². The third-order valence-electron chi connectivity index (χ3n) is 3.39. The van der Waals surface area contributed by atoms with Crippen molar-refractivity contribution in [2.75, 3.05) is 18.5 Å². The van der Waals surface area contributed by atoms with Gasteiger partial charge in [-0.3, -0.25) is 19.6 Å². The van der Waals surface area contributed by atoms with Crippen LogP contribution in [0.2, 0.25) is 0 Å². The van der Waals surface area contributed by atoms with Gasteiger partial charge < -0.3 is 14.8 Å². The highest BCUT2D eigenvalue weighted by atomic mass is 16.6. The number of carbonyl (C=O) groups excluding carboxylic acids is 1. The maximum absolute atomic E-state index is 12.1. The molecule has 1 N–H and O–H groups in total. The Bertz CT molecular complexity index is 771. The van der Waals surface area contributed by atoms with E-state index in [-0.39, 0.29) is 18.1 Å². The van der Waals surface area contributed by atoms with E-state index in [1.807, 2.05) is 0 Å². The zero-order valence-corrected chi connectivity index (χ0v) is 12.3. The smallest absolute Gasteiger partial charge is 0.309 e. The number of carbonyl (C=O) groups is 1. The van der Waals surface area contributed by atoms with E-state index < -0.39 is 4.92 Å². The average Bonchev–Trinajstić information content (AvgIpc) is 2.88. The number of amides is 1. The number of benzene rings is 1. The van der Waals surface area contributed by atoms with E-state index in [4.69, 9.17) is 9.47 Å². The normalized spacial score (nSPS) is 12.7. The van der Waals surface area contributed by atoms with Gasteiger partial charge in [-0.25, -0.2) is 0 Å². The molecule has 2 aromatic rings. The highest BCUT2D eigenvalue weighted by molar-refractivity contribution is 5.91. The van der Waals surface area contributed by atoms with E-state index in [1.54, 1.807) is 25.1 Å². The van der Waals surface area contributed by atoms with Gasteiger partial charge in [-0.1, -0.05) is 0 Å².